The van der Waals surface area contributed by atoms with Crippen molar-refractivity contribution in [1.29, 1.82) is 0 Å². The number of nitrogens with zero attached hydrogens (tertiary/aromatic N) is 7. The van der Waals surface area contributed by atoms with Crippen LogP contribution in [0.3, 0.4) is 0 Å². The second kappa shape index (κ2) is 13.7. The Bertz CT molecular complexity index is 1630. The lowest BCUT2D eigenvalue weighted by Crippen LogP contribution is -2.46. The van der Waals surface area contributed by atoms with Gasteiger partial charge in [0.25, 0.3) is 0 Å². The molecule has 6 rings (SSSR count). The van der Waals surface area contributed by atoms with E-state index in [1.165, 1.54) is 6.20 Å². The predicted molar refractivity (Wildman–Crippen MR) is 172 cm³/mol. The van der Waals surface area contributed by atoms with Gasteiger partial charge in [0, 0.05) is 62.9 Å². The summed E-state index contributed by atoms with van der Waals surface area (Å²) in [6.45, 7) is 7.13. The Hall–Kier alpha value is -4.49. The van der Waals surface area contributed by atoms with Crippen molar-refractivity contribution in [2.75, 3.05) is 41.8 Å². The summed E-state index contributed by atoms with van der Waals surface area (Å²) >= 11 is 6.29. The summed E-state index contributed by atoms with van der Waals surface area (Å²) in [5.41, 5.74) is 4.65. The van der Waals surface area contributed by atoms with Gasteiger partial charge in [0.05, 0.1) is 18.1 Å². The summed E-state index contributed by atoms with van der Waals surface area (Å²) in [6, 6.07) is 7.09. The first-order chi connectivity index (χ1) is 21.8. The molecule has 2 amide bonds. The van der Waals surface area contributed by atoms with Crippen molar-refractivity contribution in [3.05, 3.63) is 59.0 Å². The number of ether oxygens (including phenoxy) is 2. The molecule has 3 N–H and O–H groups in total. The number of carbonyl (C=O) groups is 1. The molecule has 4 aromatic rings. The van der Waals surface area contributed by atoms with Crippen LogP contribution in [0.4, 0.5) is 22.2 Å². The number of urea groups is 1. The van der Waals surface area contributed by atoms with Crippen molar-refractivity contribution < 1.29 is 14.3 Å². The van der Waals surface area contributed by atoms with Gasteiger partial charge in [-0.1, -0.05) is 11.6 Å². The molecule has 2 aliphatic heterocycles. The number of hydrogen-bond donors (Lipinski definition) is 3. The van der Waals surface area contributed by atoms with E-state index >= 15 is 0 Å². The summed E-state index contributed by atoms with van der Waals surface area (Å²) in [7, 11) is 1.89. The first-order valence-corrected chi connectivity index (χ1v) is 15.5. The Morgan fingerprint density at radius 3 is 2.47 bits per heavy atom. The number of anilines is 3. The molecule has 2 saturated heterocycles. The van der Waals surface area contributed by atoms with Gasteiger partial charge in [0.1, 0.15) is 10.8 Å². The van der Waals surface area contributed by atoms with Gasteiger partial charge in [-0.25, -0.2) is 9.78 Å². The zero-order chi connectivity index (χ0) is 31.3. The maximum atomic E-state index is 12.8. The highest BCUT2D eigenvalue weighted by molar-refractivity contribution is 6.31. The maximum absolute atomic E-state index is 12.8. The van der Waals surface area contributed by atoms with Crippen LogP contribution in [0.25, 0.3) is 11.3 Å². The fourth-order valence-electron chi connectivity index (χ4n) is 5.53. The lowest BCUT2D eigenvalue weighted by molar-refractivity contribution is 0.0903. The molecule has 236 valence electrons. The van der Waals surface area contributed by atoms with Gasteiger partial charge in [0.15, 0.2) is 5.82 Å². The summed E-state index contributed by atoms with van der Waals surface area (Å²) < 4.78 is 13.1. The minimum Gasteiger partial charge on any atom is -0.437 e. The highest BCUT2D eigenvalue weighted by Crippen LogP contribution is 2.30. The van der Waals surface area contributed by atoms with Crippen molar-refractivity contribution in [1.82, 2.24) is 35.3 Å². The Kier molecular flexibility index (Phi) is 9.26. The molecule has 14 heteroatoms. The zero-order valence-corrected chi connectivity index (χ0v) is 26.3. The van der Waals surface area contributed by atoms with Gasteiger partial charge in [-0.05, 0) is 74.9 Å². The molecule has 0 atom stereocenters. The standard InChI is InChI=1S/C31H37ClN10O3/c1-19-20(2)28(40-39-27(19)21-16-34-41(3)18-21)42-12-8-23(9-13-42)37-31(43)36-22-4-6-25(7-5-22)45-29-26(32)17-33-30(38-29)35-24-10-14-44-15-11-24/h4-7,16-18,23-24H,8-15H2,1-3H3,(H,33,35,38)(H2,36,37,43). The number of aromatic nitrogens is 6. The number of piperidine rings is 1. The average Bonchev–Trinajstić information content (AvgIpc) is 3.48. The van der Waals surface area contributed by atoms with E-state index in [1.54, 1.807) is 35.1 Å². The van der Waals surface area contributed by atoms with Crippen LogP contribution >= 0.6 is 11.6 Å². The summed E-state index contributed by atoms with van der Waals surface area (Å²) in [4.78, 5) is 23.7. The van der Waals surface area contributed by atoms with Crippen LogP contribution in [0.5, 0.6) is 11.6 Å². The molecule has 3 aromatic heterocycles. The average molecular weight is 633 g/mol. The molecule has 0 spiro atoms. The largest absolute Gasteiger partial charge is 0.437 e. The van der Waals surface area contributed by atoms with Crippen molar-refractivity contribution in [2.45, 2.75) is 51.6 Å². The number of nitrogens with one attached hydrogen (secondary N) is 3. The molecule has 2 fully saturated rings. The van der Waals surface area contributed by atoms with E-state index in [0.717, 1.165) is 67.0 Å². The highest BCUT2D eigenvalue weighted by Gasteiger charge is 2.24. The third-order valence-corrected chi connectivity index (χ3v) is 8.46. The summed E-state index contributed by atoms with van der Waals surface area (Å²) in [5, 5.41) is 23.0. The third-order valence-electron chi connectivity index (χ3n) is 8.20. The second-order valence-corrected chi connectivity index (χ2v) is 11.8. The summed E-state index contributed by atoms with van der Waals surface area (Å²) in [6.07, 6.45) is 8.65. The number of carbonyl (C=O) groups excluding carboxylic acids is 1. The van der Waals surface area contributed by atoms with Gasteiger partial charge in [-0.15, -0.1) is 10.2 Å². The van der Waals surface area contributed by atoms with E-state index in [9.17, 15) is 4.79 Å². The number of halogens is 1. The van der Waals surface area contributed by atoms with Crippen molar-refractivity contribution in [2.24, 2.45) is 7.05 Å². The van der Waals surface area contributed by atoms with Crippen LogP contribution in [0.1, 0.15) is 36.8 Å². The molecule has 1 aromatic carbocycles. The molecule has 0 radical (unpaired) electrons. The Morgan fingerprint density at radius 1 is 1.00 bits per heavy atom. The molecule has 5 heterocycles. The molecule has 0 bridgehead atoms. The number of benzene rings is 1. The molecular weight excluding hydrogens is 596 g/mol. The highest BCUT2D eigenvalue weighted by atomic mass is 35.5. The van der Waals surface area contributed by atoms with Crippen molar-refractivity contribution in [3.63, 3.8) is 0 Å². The van der Waals surface area contributed by atoms with Crippen LogP contribution in [0, 0.1) is 13.8 Å². The molecule has 13 nitrogen and oxygen atoms in total. The van der Waals surface area contributed by atoms with Crippen LogP contribution < -0.4 is 25.6 Å². The molecule has 0 aliphatic carbocycles. The molecule has 0 saturated carbocycles. The topological polar surface area (TPSA) is 144 Å². The van der Waals surface area contributed by atoms with Crippen molar-refractivity contribution in [3.8, 4) is 22.9 Å². The van der Waals surface area contributed by atoms with Gasteiger partial charge >= 0.3 is 6.03 Å². The monoisotopic (exact) mass is 632 g/mol. The predicted octanol–water partition coefficient (Wildman–Crippen LogP) is 5.11. The van der Waals surface area contributed by atoms with E-state index in [2.05, 4.69) is 60.0 Å². The van der Waals surface area contributed by atoms with Crippen LogP contribution in [-0.4, -0.2) is 74.4 Å². The van der Waals surface area contributed by atoms with Gasteiger partial charge in [-0.3, -0.25) is 4.68 Å². The summed E-state index contributed by atoms with van der Waals surface area (Å²) in [5.74, 6) is 2.14. The van der Waals surface area contributed by atoms with Gasteiger partial charge in [0.2, 0.25) is 11.8 Å². The minimum atomic E-state index is -0.252. The molecule has 0 unspecified atom stereocenters. The van der Waals surface area contributed by atoms with E-state index in [0.29, 0.717) is 35.6 Å². The number of aryl methyl sites for hydroxylation is 1. The molecule has 2 aliphatic rings. The lowest BCUT2D eigenvalue weighted by Gasteiger charge is -2.34. The first-order valence-electron chi connectivity index (χ1n) is 15.1. The van der Waals surface area contributed by atoms with E-state index in [-0.39, 0.29) is 24.0 Å². The second-order valence-electron chi connectivity index (χ2n) is 11.4. The molecular formula is C31H37ClN10O3. The Morgan fingerprint density at radius 2 is 1.76 bits per heavy atom. The Labute approximate surface area is 266 Å². The smallest absolute Gasteiger partial charge is 0.319 e. The normalized spacial score (nSPS) is 16.0. The number of amides is 2. The third kappa shape index (κ3) is 7.43. The fraction of sp³-hybridized carbons (Fsp3) is 0.419. The van der Waals surface area contributed by atoms with E-state index in [4.69, 9.17) is 21.1 Å². The van der Waals surface area contributed by atoms with Gasteiger partial charge in [-0.2, -0.15) is 10.1 Å². The van der Waals surface area contributed by atoms with Crippen LogP contribution in [0.15, 0.2) is 42.9 Å². The number of rotatable bonds is 8. The SMILES string of the molecule is Cc1c(-c2cnn(C)c2)nnc(N2CCC(NC(=O)Nc3ccc(Oc4nc(NC5CCOCC5)ncc4Cl)cc3)CC2)c1C. The molecule has 45 heavy (non-hydrogen) atoms. The van der Waals surface area contributed by atoms with Crippen molar-refractivity contribution >= 4 is 35.1 Å². The lowest BCUT2D eigenvalue weighted by atomic mass is 10.0. The maximum Gasteiger partial charge on any atom is 0.319 e. The minimum absolute atomic E-state index is 0.0525. The Balaban J connectivity index is 0.985. The fourth-order valence-corrected chi connectivity index (χ4v) is 5.66. The van der Waals surface area contributed by atoms with E-state index in [1.807, 2.05) is 13.2 Å². The number of hydrogen-bond acceptors (Lipinski definition) is 10. The zero-order valence-electron chi connectivity index (χ0n) is 25.6. The van der Waals surface area contributed by atoms with Crippen LogP contribution in [-0.2, 0) is 11.8 Å². The van der Waals surface area contributed by atoms with E-state index < -0.39 is 0 Å². The first kappa shape index (κ1) is 30.5. The van der Waals surface area contributed by atoms with Gasteiger partial charge < -0.3 is 30.3 Å². The quantitative estimate of drug-likeness (QED) is 0.240. The van der Waals surface area contributed by atoms with Crippen LogP contribution in [0.2, 0.25) is 5.02 Å².